The molecular weight excluding hydrogens is 396 g/mol. The number of hydrogen-bond donors (Lipinski definition) is 2. The maximum absolute atomic E-state index is 13.4. The van der Waals surface area contributed by atoms with Crippen LogP contribution in [0.4, 0.5) is 4.79 Å². The third kappa shape index (κ3) is 3.73. The van der Waals surface area contributed by atoms with Gasteiger partial charge in [0.1, 0.15) is 0 Å². The lowest BCUT2D eigenvalue weighted by molar-refractivity contribution is -0.159. The fourth-order valence-electron chi connectivity index (χ4n) is 5.90. The first-order chi connectivity index (χ1) is 14.8. The molecule has 0 bridgehead atoms. The molecule has 3 rings (SSSR count). The fourth-order valence-corrected chi connectivity index (χ4v) is 5.90. The monoisotopic (exact) mass is 430 g/mol. The van der Waals surface area contributed by atoms with E-state index < -0.39 is 35.0 Å². The molecule has 2 aliphatic rings. The lowest BCUT2D eigenvalue weighted by Gasteiger charge is -2.44. The van der Waals surface area contributed by atoms with Crippen LogP contribution in [0.15, 0.2) is 30.3 Å². The minimum absolute atomic E-state index is 0.0146. The summed E-state index contributed by atoms with van der Waals surface area (Å²) in [6.07, 6.45) is 4.05. The highest BCUT2D eigenvalue weighted by atomic mass is 16.6. The van der Waals surface area contributed by atoms with Crippen molar-refractivity contribution in [2.45, 2.75) is 82.3 Å². The van der Waals surface area contributed by atoms with Gasteiger partial charge in [-0.25, -0.2) is 9.59 Å². The van der Waals surface area contributed by atoms with Crippen molar-refractivity contribution in [3.05, 3.63) is 35.9 Å². The quantitative estimate of drug-likeness (QED) is 0.611. The first-order valence-electron chi connectivity index (χ1n) is 11.4. The summed E-state index contributed by atoms with van der Waals surface area (Å²) in [5, 5.41) is 10.5. The highest BCUT2D eigenvalue weighted by molar-refractivity contribution is 6.12. The van der Waals surface area contributed by atoms with Gasteiger partial charge in [-0.1, -0.05) is 50.1 Å². The molecule has 7 heteroatoms. The Morgan fingerprint density at radius 3 is 2.45 bits per heavy atom. The molecular formula is C24H34N2O5. The lowest BCUT2D eigenvalue weighted by atomic mass is 9.64. The van der Waals surface area contributed by atoms with Crippen LogP contribution in [0.1, 0.15) is 64.4 Å². The van der Waals surface area contributed by atoms with Gasteiger partial charge in [0, 0.05) is 18.4 Å². The fraction of sp³-hybridized carbons (Fsp3) is 0.625. The minimum atomic E-state index is -2.11. The van der Waals surface area contributed by atoms with Crippen molar-refractivity contribution in [1.29, 1.82) is 0 Å². The Labute approximate surface area is 183 Å². The van der Waals surface area contributed by atoms with E-state index in [1.54, 1.807) is 13.8 Å². The molecule has 3 N–H and O–H groups in total. The number of carboxylic acid groups (broad SMARTS) is 1. The highest BCUT2D eigenvalue weighted by Crippen LogP contribution is 2.53. The summed E-state index contributed by atoms with van der Waals surface area (Å²) >= 11 is 0. The number of likely N-dealkylation sites (tertiary alicyclic amines) is 1. The number of carboxylic acids is 1. The molecule has 1 aliphatic carbocycles. The van der Waals surface area contributed by atoms with E-state index in [2.05, 4.69) is 0 Å². The summed E-state index contributed by atoms with van der Waals surface area (Å²) < 4.78 is 5.26. The molecule has 1 aromatic carbocycles. The molecule has 1 saturated carbocycles. The Morgan fingerprint density at radius 1 is 1.16 bits per heavy atom. The topological polar surface area (TPSA) is 110 Å². The lowest BCUT2D eigenvalue weighted by Crippen LogP contribution is -2.73. The van der Waals surface area contributed by atoms with E-state index in [1.165, 1.54) is 4.90 Å². The maximum Gasteiger partial charge on any atom is 0.411 e. The number of amides is 1. The van der Waals surface area contributed by atoms with Gasteiger partial charge in [0.2, 0.25) is 5.54 Å². The van der Waals surface area contributed by atoms with Crippen LogP contribution in [0.5, 0.6) is 0 Å². The van der Waals surface area contributed by atoms with Crippen molar-refractivity contribution in [3.8, 4) is 0 Å². The molecule has 7 nitrogen and oxygen atoms in total. The zero-order valence-electron chi connectivity index (χ0n) is 18.5. The minimum Gasteiger partial charge on any atom is -0.479 e. The van der Waals surface area contributed by atoms with Gasteiger partial charge in [-0.3, -0.25) is 9.69 Å². The molecule has 1 amide bonds. The molecule has 0 spiro atoms. The number of aryl methyl sites for hydroxylation is 1. The summed E-state index contributed by atoms with van der Waals surface area (Å²) in [6.45, 7) is 3.41. The molecule has 4 unspecified atom stereocenters. The van der Waals surface area contributed by atoms with Gasteiger partial charge in [-0.15, -0.1) is 0 Å². The van der Waals surface area contributed by atoms with Crippen LogP contribution in [0.25, 0.3) is 0 Å². The summed E-state index contributed by atoms with van der Waals surface area (Å²) in [4.78, 5) is 40.5. The molecule has 1 saturated heterocycles. The summed E-state index contributed by atoms with van der Waals surface area (Å²) in [6, 6.07) is 9.52. The van der Waals surface area contributed by atoms with Crippen molar-refractivity contribution < 1.29 is 24.2 Å². The van der Waals surface area contributed by atoms with Crippen molar-refractivity contribution >= 4 is 17.8 Å². The second-order valence-electron chi connectivity index (χ2n) is 8.70. The number of rotatable bonds is 8. The van der Waals surface area contributed by atoms with Gasteiger partial charge in [0.25, 0.3) is 0 Å². The number of carbonyl (C=O) groups is 3. The summed E-state index contributed by atoms with van der Waals surface area (Å²) in [5.41, 5.74) is 4.69. The van der Waals surface area contributed by atoms with Crippen LogP contribution < -0.4 is 5.73 Å². The second kappa shape index (κ2) is 9.39. The van der Waals surface area contributed by atoms with Gasteiger partial charge >= 0.3 is 12.1 Å². The zero-order chi connectivity index (χ0) is 22.6. The van der Waals surface area contributed by atoms with Crippen LogP contribution in [0.2, 0.25) is 0 Å². The Morgan fingerprint density at radius 2 is 1.84 bits per heavy atom. The van der Waals surface area contributed by atoms with E-state index in [1.807, 2.05) is 30.3 Å². The van der Waals surface area contributed by atoms with E-state index in [-0.39, 0.29) is 18.9 Å². The SMILES string of the molecule is CCOC(=O)N1C2CCCCC2C(N)(CCCc2ccccc2)C1(C(=O)O)C(=O)CC. The Hall–Kier alpha value is -2.41. The van der Waals surface area contributed by atoms with Gasteiger partial charge in [0.15, 0.2) is 5.78 Å². The number of Topliss-reactive ketones (excluding diaryl/α,β-unsaturated/α-hetero) is 1. The molecule has 4 atom stereocenters. The van der Waals surface area contributed by atoms with Crippen LogP contribution >= 0.6 is 0 Å². The van der Waals surface area contributed by atoms with E-state index in [4.69, 9.17) is 10.5 Å². The first kappa shape index (κ1) is 23.3. The third-order valence-corrected chi connectivity index (χ3v) is 7.16. The van der Waals surface area contributed by atoms with Gasteiger partial charge < -0.3 is 15.6 Å². The Kier molecular flexibility index (Phi) is 7.04. The molecule has 1 aliphatic heterocycles. The average molecular weight is 431 g/mol. The zero-order valence-corrected chi connectivity index (χ0v) is 18.5. The van der Waals surface area contributed by atoms with E-state index in [0.29, 0.717) is 25.7 Å². The smallest absolute Gasteiger partial charge is 0.411 e. The van der Waals surface area contributed by atoms with Crippen LogP contribution in [-0.4, -0.2) is 51.6 Å². The normalized spacial score (nSPS) is 30.0. The molecule has 1 heterocycles. The number of nitrogens with two attached hydrogens (primary N) is 1. The number of carbonyl (C=O) groups excluding carboxylic acids is 2. The van der Waals surface area contributed by atoms with Gasteiger partial charge in [0.05, 0.1) is 12.1 Å². The number of fused-ring (bicyclic) bond motifs is 1. The van der Waals surface area contributed by atoms with Crippen molar-refractivity contribution in [3.63, 3.8) is 0 Å². The van der Waals surface area contributed by atoms with Crippen LogP contribution in [0, 0.1) is 5.92 Å². The van der Waals surface area contributed by atoms with Crippen molar-refractivity contribution in [2.75, 3.05) is 6.61 Å². The van der Waals surface area contributed by atoms with Crippen molar-refractivity contribution in [1.82, 2.24) is 4.90 Å². The molecule has 2 fully saturated rings. The Bertz CT molecular complexity index is 813. The van der Waals surface area contributed by atoms with Gasteiger partial charge in [-0.05, 0) is 44.6 Å². The van der Waals surface area contributed by atoms with Crippen molar-refractivity contribution in [2.24, 2.45) is 11.7 Å². The Balaban J connectivity index is 2.06. The van der Waals surface area contributed by atoms with E-state index in [0.717, 1.165) is 24.8 Å². The van der Waals surface area contributed by atoms with E-state index >= 15 is 0 Å². The predicted molar refractivity (Wildman–Crippen MR) is 117 cm³/mol. The second-order valence-corrected chi connectivity index (χ2v) is 8.70. The number of ether oxygens (including phenoxy) is 1. The number of nitrogens with zero attached hydrogens (tertiary/aromatic N) is 1. The van der Waals surface area contributed by atoms with Crippen LogP contribution in [-0.2, 0) is 20.7 Å². The summed E-state index contributed by atoms with van der Waals surface area (Å²) in [5.74, 6) is -2.12. The average Bonchev–Trinajstić information content (AvgIpc) is 3.00. The summed E-state index contributed by atoms with van der Waals surface area (Å²) in [7, 11) is 0. The highest BCUT2D eigenvalue weighted by Gasteiger charge is 2.74. The molecule has 1 aromatic rings. The molecule has 0 aromatic heterocycles. The number of benzene rings is 1. The van der Waals surface area contributed by atoms with Gasteiger partial charge in [-0.2, -0.15) is 0 Å². The van der Waals surface area contributed by atoms with E-state index in [9.17, 15) is 19.5 Å². The first-order valence-corrected chi connectivity index (χ1v) is 11.4. The third-order valence-electron chi connectivity index (χ3n) is 7.16. The number of hydrogen-bond acceptors (Lipinski definition) is 5. The molecule has 170 valence electrons. The number of ketones is 1. The van der Waals surface area contributed by atoms with Crippen LogP contribution in [0.3, 0.4) is 0 Å². The molecule has 0 radical (unpaired) electrons. The largest absolute Gasteiger partial charge is 0.479 e. The molecule has 31 heavy (non-hydrogen) atoms. The maximum atomic E-state index is 13.4. The number of aliphatic carboxylic acids is 1. The standard InChI is InChI=1S/C24H34N2O5/c1-3-20(27)24(21(28)29)23(25,16-10-13-17-11-6-5-7-12-17)18-14-8-9-15-19(18)26(24)22(30)31-4-2/h5-7,11-12,18-19H,3-4,8-10,13-16,25H2,1-2H3,(H,28,29). The predicted octanol–water partition coefficient (Wildman–Crippen LogP) is 3.54.